The molecule has 2 amide bonds. The van der Waals surface area contributed by atoms with E-state index in [9.17, 15) is 9.59 Å². The van der Waals surface area contributed by atoms with Crippen LogP contribution >= 0.6 is 23.2 Å². The van der Waals surface area contributed by atoms with Crippen LogP contribution in [0.1, 0.15) is 27.2 Å². The summed E-state index contributed by atoms with van der Waals surface area (Å²) < 4.78 is 1.60. The Morgan fingerprint density at radius 2 is 1.56 bits per heavy atom. The van der Waals surface area contributed by atoms with Crippen molar-refractivity contribution < 1.29 is 9.59 Å². The summed E-state index contributed by atoms with van der Waals surface area (Å²) in [6, 6.07) is 25.0. The number of hydrazine groups is 1. The second-order valence-corrected chi connectivity index (χ2v) is 8.75. The maximum absolute atomic E-state index is 13.3. The van der Waals surface area contributed by atoms with Crippen molar-refractivity contribution in [3.05, 3.63) is 123 Å². The van der Waals surface area contributed by atoms with Crippen molar-refractivity contribution in [3.63, 3.8) is 0 Å². The lowest BCUT2D eigenvalue weighted by Gasteiger charge is -2.28. The number of aryl methyl sites for hydroxylation is 1. The van der Waals surface area contributed by atoms with Crippen molar-refractivity contribution >= 4 is 46.9 Å². The van der Waals surface area contributed by atoms with E-state index in [1.54, 1.807) is 41.9 Å². The summed E-state index contributed by atoms with van der Waals surface area (Å²) in [5.41, 5.74) is 5.72. The van der Waals surface area contributed by atoms with Gasteiger partial charge >= 0.3 is 0 Å². The van der Waals surface area contributed by atoms with Crippen LogP contribution in [0, 0.1) is 6.92 Å². The van der Waals surface area contributed by atoms with Crippen LogP contribution in [-0.4, -0.2) is 32.4 Å². The molecule has 0 bridgehead atoms. The van der Waals surface area contributed by atoms with Gasteiger partial charge in [-0.05, 0) is 49.4 Å². The Kier molecular flexibility index (Phi) is 6.41. The highest BCUT2D eigenvalue weighted by molar-refractivity contribution is 6.31. The monoisotopic (exact) mass is 515 g/mol. The van der Waals surface area contributed by atoms with Crippen LogP contribution < -0.4 is 5.43 Å². The second-order valence-electron chi connectivity index (χ2n) is 7.96. The Morgan fingerprint density at radius 3 is 2.22 bits per heavy atom. The quantitative estimate of drug-likeness (QED) is 0.366. The molecule has 0 saturated heterocycles. The van der Waals surface area contributed by atoms with Gasteiger partial charge in [-0.2, -0.15) is 10.1 Å². The topological polar surface area (TPSA) is 79.6 Å². The number of rotatable bonds is 4. The van der Waals surface area contributed by atoms with Crippen molar-refractivity contribution in [2.24, 2.45) is 4.99 Å². The SMILES string of the molecule is Cc1nn(-c2ccccc2)c(Cl)c1/C=C1\N=C(c2ccccc2)N(C(=O)c2ccc(Cl)cc2)NC1=O. The molecule has 0 unspecified atom stereocenters. The van der Waals surface area contributed by atoms with Crippen molar-refractivity contribution in [3.8, 4) is 5.69 Å². The molecule has 9 heteroatoms. The maximum atomic E-state index is 13.3. The van der Waals surface area contributed by atoms with Crippen LogP contribution in [-0.2, 0) is 4.79 Å². The largest absolute Gasteiger partial charge is 0.288 e. The number of amides is 2. The molecule has 0 aliphatic carbocycles. The third-order valence-corrected chi connectivity index (χ3v) is 6.16. The number of halogens is 2. The van der Waals surface area contributed by atoms with Gasteiger partial charge in [0.05, 0.1) is 11.4 Å². The minimum absolute atomic E-state index is 0.0895. The van der Waals surface area contributed by atoms with Gasteiger partial charge in [0.2, 0.25) is 0 Å². The van der Waals surface area contributed by atoms with E-state index in [4.69, 9.17) is 23.2 Å². The lowest BCUT2D eigenvalue weighted by Crippen LogP contribution is -2.53. The molecule has 1 aliphatic heterocycles. The van der Waals surface area contributed by atoms with Gasteiger partial charge in [0.15, 0.2) is 5.84 Å². The Morgan fingerprint density at radius 1 is 0.917 bits per heavy atom. The average Bonchev–Trinajstić information content (AvgIpc) is 3.19. The number of carbonyl (C=O) groups is 2. The summed E-state index contributed by atoms with van der Waals surface area (Å²) in [4.78, 5) is 31.0. The van der Waals surface area contributed by atoms with Gasteiger partial charge in [-0.1, -0.05) is 71.7 Å². The third-order valence-electron chi connectivity index (χ3n) is 5.54. The van der Waals surface area contributed by atoms with Gasteiger partial charge in [0.25, 0.3) is 11.8 Å². The van der Waals surface area contributed by atoms with Gasteiger partial charge in [-0.15, -0.1) is 0 Å². The zero-order valence-electron chi connectivity index (χ0n) is 19.0. The molecule has 4 aromatic rings. The number of para-hydroxylation sites is 1. The van der Waals surface area contributed by atoms with Gasteiger partial charge < -0.3 is 0 Å². The summed E-state index contributed by atoms with van der Waals surface area (Å²) in [5.74, 6) is -0.738. The van der Waals surface area contributed by atoms with Crippen molar-refractivity contribution in [1.82, 2.24) is 20.2 Å². The number of aliphatic imine (C=N–C) groups is 1. The van der Waals surface area contributed by atoms with Crippen molar-refractivity contribution in [2.75, 3.05) is 0 Å². The number of amidine groups is 1. The van der Waals surface area contributed by atoms with E-state index in [1.807, 2.05) is 60.7 Å². The predicted molar refractivity (Wildman–Crippen MR) is 140 cm³/mol. The highest BCUT2D eigenvalue weighted by Gasteiger charge is 2.31. The third kappa shape index (κ3) is 4.54. The number of hydrogen-bond acceptors (Lipinski definition) is 4. The summed E-state index contributed by atoms with van der Waals surface area (Å²) >= 11 is 12.6. The van der Waals surface area contributed by atoms with Crippen LogP contribution in [0.5, 0.6) is 0 Å². The highest BCUT2D eigenvalue weighted by atomic mass is 35.5. The molecule has 0 atom stereocenters. The zero-order chi connectivity index (χ0) is 25.2. The van der Waals surface area contributed by atoms with E-state index in [2.05, 4.69) is 15.5 Å². The number of aromatic nitrogens is 2. The highest BCUT2D eigenvalue weighted by Crippen LogP contribution is 2.27. The number of hydrogen-bond donors (Lipinski definition) is 1. The maximum Gasteiger partial charge on any atom is 0.288 e. The number of nitrogens with zero attached hydrogens (tertiary/aromatic N) is 4. The van der Waals surface area contributed by atoms with Crippen molar-refractivity contribution in [2.45, 2.75) is 6.92 Å². The fraction of sp³-hybridized carbons (Fsp3) is 0.0370. The smallest absolute Gasteiger partial charge is 0.267 e. The molecule has 0 spiro atoms. The van der Waals surface area contributed by atoms with Gasteiger partial charge in [0, 0.05) is 21.7 Å². The zero-order valence-corrected chi connectivity index (χ0v) is 20.5. The first-order valence-corrected chi connectivity index (χ1v) is 11.8. The molecule has 178 valence electrons. The van der Waals surface area contributed by atoms with Crippen LogP contribution in [0.25, 0.3) is 11.8 Å². The Bertz CT molecular complexity index is 1510. The van der Waals surface area contributed by atoms with E-state index >= 15 is 0 Å². The molecule has 36 heavy (non-hydrogen) atoms. The molecule has 1 aliphatic rings. The molecule has 7 nitrogen and oxygen atoms in total. The first kappa shape index (κ1) is 23.5. The molecule has 1 N–H and O–H groups in total. The molecule has 1 aromatic heterocycles. The van der Waals surface area contributed by atoms with E-state index in [1.165, 1.54) is 0 Å². The number of nitrogens with one attached hydrogen (secondary N) is 1. The lowest BCUT2D eigenvalue weighted by atomic mass is 10.1. The minimum atomic E-state index is -0.556. The molecule has 0 saturated carbocycles. The van der Waals surface area contributed by atoms with Gasteiger partial charge in [-0.3, -0.25) is 15.0 Å². The van der Waals surface area contributed by atoms with Gasteiger partial charge in [-0.25, -0.2) is 9.67 Å². The average molecular weight is 516 g/mol. The fourth-order valence-electron chi connectivity index (χ4n) is 3.73. The normalized spacial score (nSPS) is 14.5. The summed E-state index contributed by atoms with van der Waals surface area (Å²) in [6.45, 7) is 1.80. The van der Waals surface area contributed by atoms with E-state index < -0.39 is 11.8 Å². The van der Waals surface area contributed by atoms with Gasteiger partial charge in [0.1, 0.15) is 10.9 Å². The number of benzene rings is 3. The van der Waals surface area contributed by atoms with Crippen LogP contribution in [0.3, 0.4) is 0 Å². The summed E-state index contributed by atoms with van der Waals surface area (Å²) in [5, 5.41) is 6.50. The van der Waals surface area contributed by atoms with E-state index in [0.29, 0.717) is 32.6 Å². The van der Waals surface area contributed by atoms with Crippen LogP contribution in [0.2, 0.25) is 10.2 Å². The Hall–Kier alpha value is -4.20. The van der Waals surface area contributed by atoms with Crippen molar-refractivity contribution in [1.29, 1.82) is 0 Å². The molecular formula is C27H19Cl2N5O2. The summed E-state index contributed by atoms with van der Waals surface area (Å²) in [6.07, 6.45) is 1.58. The van der Waals surface area contributed by atoms with Crippen LogP contribution in [0.15, 0.2) is 95.6 Å². The molecule has 3 aromatic carbocycles. The molecular weight excluding hydrogens is 497 g/mol. The first-order chi connectivity index (χ1) is 17.4. The minimum Gasteiger partial charge on any atom is -0.267 e. The predicted octanol–water partition coefficient (Wildman–Crippen LogP) is 5.46. The second kappa shape index (κ2) is 9.81. The standard InChI is InChI=1S/C27H19Cl2N5O2/c1-17-22(24(29)33(31-17)21-10-6-3-7-11-21)16-23-26(35)32-34(25(30-23)18-8-4-2-5-9-18)27(36)19-12-14-20(28)15-13-19/h2-16H,1H3,(H,32,35)/b23-16-. The molecule has 5 rings (SSSR count). The first-order valence-electron chi connectivity index (χ1n) is 11.0. The molecule has 0 radical (unpaired) electrons. The number of carbonyl (C=O) groups excluding carboxylic acids is 2. The Labute approximate surface area is 217 Å². The Balaban J connectivity index is 1.59. The molecule has 2 heterocycles. The lowest BCUT2D eigenvalue weighted by molar-refractivity contribution is -0.120. The fourth-order valence-corrected chi connectivity index (χ4v) is 4.18. The summed E-state index contributed by atoms with van der Waals surface area (Å²) in [7, 11) is 0. The molecule has 0 fully saturated rings. The van der Waals surface area contributed by atoms with E-state index in [-0.39, 0.29) is 11.5 Å². The van der Waals surface area contributed by atoms with Crippen LogP contribution in [0.4, 0.5) is 0 Å². The van der Waals surface area contributed by atoms with E-state index in [0.717, 1.165) is 10.7 Å².